The highest BCUT2D eigenvalue weighted by Crippen LogP contribution is 2.52. The molecule has 1 aromatic heterocycles. The molecule has 1 saturated carbocycles. The summed E-state index contributed by atoms with van der Waals surface area (Å²) in [6.07, 6.45) is -2.99. The summed E-state index contributed by atoms with van der Waals surface area (Å²) in [6.45, 7) is 2.21. The van der Waals surface area contributed by atoms with Crippen molar-refractivity contribution in [2.75, 3.05) is 13.1 Å². The fourth-order valence-corrected chi connectivity index (χ4v) is 4.77. The van der Waals surface area contributed by atoms with Gasteiger partial charge in [0.1, 0.15) is 11.6 Å². The number of fused-ring (bicyclic) bond motifs is 1. The average molecular weight is 485 g/mol. The Balaban J connectivity index is 1.08. The molecule has 3 aromatic rings. The highest BCUT2D eigenvalue weighted by atomic mass is 19.4. The number of halogens is 4. The number of benzene rings is 2. The fourth-order valence-electron chi connectivity index (χ4n) is 4.77. The molecule has 1 amide bonds. The third-order valence-corrected chi connectivity index (χ3v) is 6.54. The zero-order valence-corrected chi connectivity index (χ0v) is 18.6. The molecule has 0 bridgehead atoms. The number of carbonyl (C=O) groups is 1. The van der Waals surface area contributed by atoms with Crippen LogP contribution in [0.5, 0.6) is 11.6 Å². The van der Waals surface area contributed by atoms with Gasteiger partial charge in [-0.3, -0.25) is 9.69 Å². The Kier molecular flexibility index (Phi) is 6.19. The first kappa shape index (κ1) is 23.3. The number of para-hydroxylation sites is 1. The van der Waals surface area contributed by atoms with Crippen molar-refractivity contribution in [2.45, 2.75) is 19.3 Å². The predicted molar refractivity (Wildman–Crippen MR) is 120 cm³/mol. The number of ether oxygens (including phenoxy) is 1. The summed E-state index contributed by atoms with van der Waals surface area (Å²) in [6, 6.07) is 16.0. The monoisotopic (exact) mass is 485 g/mol. The van der Waals surface area contributed by atoms with Gasteiger partial charge < -0.3 is 10.1 Å². The van der Waals surface area contributed by atoms with Crippen LogP contribution in [0.4, 0.5) is 17.6 Å². The smallest absolute Gasteiger partial charge is 0.419 e. The van der Waals surface area contributed by atoms with E-state index in [1.165, 1.54) is 6.07 Å². The molecule has 182 valence electrons. The highest BCUT2D eigenvalue weighted by Gasteiger charge is 2.59. The van der Waals surface area contributed by atoms with Crippen LogP contribution in [0.25, 0.3) is 0 Å². The summed E-state index contributed by atoms with van der Waals surface area (Å²) in [5.41, 5.74) is -0.0615. The molecule has 2 atom stereocenters. The number of amides is 1. The number of hydrogen-bond donors (Lipinski definition) is 1. The fraction of sp³-hybridized carbons (Fsp3) is 0.308. The van der Waals surface area contributed by atoms with E-state index in [4.69, 9.17) is 4.74 Å². The van der Waals surface area contributed by atoms with Crippen LogP contribution in [-0.2, 0) is 24.1 Å². The Hall–Kier alpha value is -3.46. The van der Waals surface area contributed by atoms with Crippen molar-refractivity contribution in [3.05, 3.63) is 89.4 Å². The summed E-state index contributed by atoms with van der Waals surface area (Å²) in [5, 5.41) is 2.71. The minimum absolute atomic E-state index is 0.0646. The lowest BCUT2D eigenvalue weighted by Crippen LogP contribution is -2.31. The van der Waals surface area contributed by atoms with Crippen molar-refractivity contribution in [3.8, 4) is 11.6 Å². The van der Waals surface area contributed by atoms with Crippen LogP contribution in [0, 0.1) is 23.6 Å². The number of rotatable bonds is 7. The van der Waals surface area contributed by atoms with Gasteiger partial charge in [0.25, 0.3) is 0 Å². The highest BCUT2D eigenvalue weighted by molar-refractivity contribution is 5.82. The van der Waals surface area contributed by atoms with E-state index in [9.17, 15) is 22.4 Å². The van der Waals surface area contributed by atoms with Crippen LogP contribution in [-0.4, -0.2) is 28.9 Å². The van der Waals surface area contributed by atoms with E-state index in [0.29, 0.717) is 5.88 Å². The van der Waals surface area contributed by atoms with Gasteiger partial charge in [-0.15, -0.1) is 0 Å². The van der Waals surface area contributed by atoms with Crippen molar-refractivity contribution < 1.29 is 27.1 Å². The first-order chi connectivity index (χ1) is 16.8. The van der Waals surface area contributed by atoms with Gasteiger partial charge in [-0.05, 0) is 47.2 Å². The first-order valence-corrected chi connectivity index (χ1v) is 11.3. The number of nitrogens with one attached hydrogen (secondary N) is 1. The Morgan fingerprint density at radius 2 is 1.74 bits per heavy atom. The van der Waals surface area contributed by atoms with E-state index in [1.807, 2.05) is 42.5 Å². The van der Waals surface area contributed by atoms with Crippen molar-refractivity contribution in [3.63, 3.8) is 0 Å². The molecule has 1 saturated heterocycles. The van der Waals surface area contributed by atoms with Gasteiger partial charge in [-0.25, -0.2) is 9.37 Å². The largest absolute Gasteiger partial charge is 0.439 e. The predicted octanol–water partition coefficient (Wildman–Crippen LogP) is 5.03. The van der Waals surface area contributed by atoms with Crippen molar-refractivity contribution in [2.24, 2.45) is 17.8 Å². The molecule has 2 aromatic carbocycles. The van der Waals surface area contributed by atoms with Gasteiger partial charge in [-0.1, -0.05) is 30.3 Å². The minimum Gasteiger partial charge on any atom is -0.439 e. The lowest BCUT2D eigenvalue weighted by Gasteiger charge is -2.19. The molecule has 0 spiro atoms. The van der Waals surface area contributed by atoms with Gasteiger partial charge in [0.15, 0.2) is 0 Å². The second-order valence-electron chi connectivity index (χ2n) is 9.00. The second kappa shape index (κ2) is 9.30. The molecule has 0 radical (unpaired) electrons. The average Bonchev–Trinajstić information content (AvgIpc) is 3.34. The Morgan fingerprint density at radius 1 is 1.03 bits per heavy atom. The van der Waals surface area contributed by atoms with E-state index in [0.717, 1.165) is 43.1 Å². The number of alkyl halides is 3. The molecule has 9 heteroatoms. The molecule has 35 heavy (non-hydrogen) atoms. The van der Waals surface area contributed by atoms with E-state index < -0.39 is 17.6 Å². The summed E-state index contributed by atoms with van der Waals surface area (Å²) in [4.78, 5) is 19.2. The molecule has 5 nitrogen and oxygen atoms in total. The summed E-state index contributed by atoms with van der Waals surface area (Å²) in [5.74, 6) is 0.0970. The zero-order chi connectivity index (χ0) is 24.6. The number of nitrogens with zero attached hydrogens (tertiary/aromatic N) is 2. The molecule has 2 unspecified atom stereocenters. The van der Waals surface area contributed by atoms with Crippen molar-refractivity contribution >= 4 is 5.91 Å². The van der Waals surface area contributed by atoms with Gasteiger partial charge >= 0.3 is 6.18 Å². The van der Waals surface area contributed by atoms with Crippen molar-refractivity contribution in [1.82, 2.24) is 15.2 Å². The number of aromatic nitrogens is 1. The van der Waals surface area contributed by atoms with E-state index in [1.54, 1.807) is 6.20 Å². The SMILES string of the molecule is O=C(NCc1ccc(F)c(C(F)(F)F)c1)C1C2CN(Cc3ccc(Oc4ccccc4)nc3)CC21. The maximum atomic E-state index is 13.4. The maximum Gasteiger partial charge on any atom is 0.419 e. The van der Waals surface area contributed by atoms with Crippen LogP contribution in [0.2, 0.25) is 0 Å². The third-order valence-electron chi connectivity index (χ3n) is 6.54. The molecule has 1 aliphatic heterocycles. The zero-order valence-electron chi connectivity index (χ0n) is 18.6. The van der Waals surface area contributed by atoms with Crippen LogP contribution in [0.15, 0.2) is 66.9 Å². The lowest BCUT2D eigenvalue weighted by atomic mass is 10.1. The molecule has 2 aliphatic rings. The number of likely N-dealkylation sites (tertiary alicyclic amines) is 1. The van der Waals surface area contributed by atoms with E-state index in [2.05, 4.69) is 15.2 Å². The molecular weight excluding hydrogens is 462 g/mol. The Labute approximate surface area is 199 Å². The van der Waals surface area contributed by atoms with E-state index in [-0.39, 0.29) is 35.8 Å². The molecule has 1 N–H and O–H groups in total. The summed E-state index contributed by atoms with van der Waals surface area (Å²) < 4.78 is 57.8. The molecule has 2 heterocycles. The van der Waals surface area contributed by atoms with Crippen molar-refractivity contribution in [1.29, 1.82) is 0 Å². The molecular formula is C26H23F4N3O2. The minimum atomic E-state index is -4.77. The van der Waals surface area contributed by atoms with Crippen LogP contribution >= 0.6 is 0 Å². The van der Waals surface area contributed by atoms with Gasteiger partial charge in [0.05, 0.1) is 5.56 Å². The van der Waals surface area contributed by atoms with E-state index >= 15 is 0 Å². The number of piperidine rings is 1. The number of carbonyl (C=O) groups excluding carboxylic acids is 1. The van der Waals surface area contributed by atoms with Gasteiger partial charge in [0.2, 0.25) is 11.8 Å². The van der Waals surface area contributed by atoms with Crippen LogP contribution in [0.1, 0.15) is 16.7 Å². The lowest BCUT2D eigenvalue weighted by molar-refractivity contribution is -0.140. The molecule has 1 aliphatic carbocycles. The van der Waals surface area contributed by atoms with Gasteiger partial charge in [0, 0.05) is 44.4 Å². The quantitative estimate of drug-likeness (QED) is 0.478. The third kappa shape index (κ3) is 5.30. The first-order valence-electron chi connectivity index (χ1n) is 11.3. The Morgan fingerprint density at radius 3 is 2.40 bits per heavy atom. The Bertz CT molecular complexity index is 1190. The maximum absolute atomic E-state index is 13.4. The van der Waals surface area contributed by atoms with Gasteiger partial charge in [-0.2, -0.15) is 13.2 Å². The normalized spacial score (nSPS) is 21.4. The number of pyridine rings is 1. The molecule has 5 rings (SSSR count). The van der Waals surface area contributed by atoms with Crippen LogP contribution in [0.3, 0.4) is 0 Å². The second-order valence-corrected chi connectivity index (χ2v) is 9.00. The number of hydrogen-bond acceptors (Lipinski definition) is 4. The standard InChI is InChI=1S/C26H23F4N3O2/c27-22-8-6-16(10-21(22)26(28,29)30)11-32-25(34)24-19-14-33(15-20(19)24)13-17-7-9-23(31-12-17)35-18-4-2-1-3-5-18/h1-10,12,19-20,24H,11,13-15H2,(H,32,34). The summed E-state index contributed by atoms with van der Waals surface area (Å²) >= 11 is 0. The van der Waals surface area contributed by atoms with Crippen LogP contribution < -0.4 is 10.1 Å². The topological polar surface area (TPSA) is 54.5 Å². The molecule has 2 fully saturated rings. The summed E-state index contributed by atoms with van der Waals surface area (Å²) in [7, 11) is 0.